The third kappa shape index (κ3) is 3.80. The highest BCUT2D eigenvalue weighted by Crippen LogP contribution is 2.28. The van der Waals surface area contributed by atoms with Crippen molar-refractivity contribution in [2.75, 3.05) is 7.11 Å². The van der Waals surface area contributed by atoms with Gasteiger partial charge in [0.2, 0.25) is 0 Å². The van der Waals surface area contributed by atoms with Gasteiger partial charge < -0.3 is 15.2 Å². The highest BCUT2D eigenvalue weighted by Gasteiger charge is 2.09. The number of hydrogen-bond donors (Lipinski definition) is 2. The van der Waals surface area contributed by atoms with Gasteiger partial charge >= 0.3 is 0 Å². The van der Waals surface area contributed by atoms with Gasteiger partial charge in [-0.3, -0.25) is 5.41 Å². The normalized spacial score (nSPS) is 10.2. The van der Waals surface area contributed by atoms with E-state index in [4.69, 9.17) is 43.8 Å². The molecule has 0 saturated heterocycles. The molecule has 0 radical (unpaired) electrons. The molecule has 0 heterocycles. The lowest BCUT2D eigenvalue weighted by atomic mass is 10.2. The number of ether oxygens (including phenoxy) is 2. The SMILES string of the molecule is COc1cc(OCc2c(Cl)cccc2Cl)cc(C(=N)N)c1. The maximum atomic E-state index is 7.49. The summed E-state index contributed by atoms with van der Waals surface area (Å²) < 4.78 is 10.8. The van der Waals surface area contributed by atoms with Crippen LogP contribution < -0.4 is 15.2 Å². The number of nitrogen functional groups attached to an aromatic ring is 1. The summed E-state index contributed by atoms with van der Waals surface area (Å²) >= 11 is 12.2. The Labute approximate surface area is 132 Å². The molecule has 2 aromatic rings. The number of nitrogens with one attached hydrogen (secondary N) is 1. The van der Waals surface area contributed by atoms with Gasteiger partial charge in [-0.15, -0.1) is 0 Å². The lowest BCUT2D eigenvalue weighted by Crippen LogP contribution is -2.11. The molecule has 3 N–H and O–H groups in total. The fraction of sp³-hybridized carbons (Fsp3) is 0.133. The second-order valence-corrected chi connectivity index (χ2v) is 5.11. The van der Waals surface area contributed by atoms with E-state index in [1.807, 2.05) is 0 Å². The third-order valence-corrected chi connectivity index (χ3v) is 3.58. The molecule has 0 saturated carbocycles. The Morgan fingerprint density at radius 3 is 2.33 bits per heavy atom. The van der Waals surface area contributed by atoms with Crippen LogP contribution >= 0.6 is 23.2 Å². The maximum absolute atomic E-state index is 7.49. The van der Waals surface area contributed by atoms with Crippen molar-refractivity contribution in [2.45, 2.75) is 6.61 Å². The van der Waals surface area contributed by atoms with Gasteiger partial charge in [0, 0.05) is 27.2 Å². The van der Waals surface area contributed by atoms with Crippen LogP contribution in [0, 0.1) is 5.41 Å². The monoisotopic (exact) mass is 324 g/mol. The number of benzene rings is 2. The molecular formula is C15H14Cl2N2O2. The second-order valence-electron chi connectivity index (χ2n) is 4.30. The van der Waals surface area contributed by atoms with E-state index in [-0.39, 0.29) is 12.4 Å². The van der Waals surface area contributed by atoms with Crippen LogP contribution in [-0.4, -0.2) is 12.9 Å². The van der Waals surface area contributed by atoms with Gasteiger partial charge in [-0.1, -0.05) is 29.3 Å². The molecule has 0 amide bonds. The maximum Gasteiger partial charge on any atom is 0.124 e. The molecule has 0 aliphatic carbocycles. The molecule has 0 aromatic heterocycles. The minimum absolute atomic E-state index is 0.0606. The third-order valence-electron chi connectivity index (χ3n) is 2.87. The van der Waals surface area contributed by atoms with E-state index in [0.717, 1.165) is 0 Å². The quantitative estimate of drug-likeness (QED) is 0.648. The lowest BCUT2D eigenvalue weighted by Gasteiger charge is -2.12. The second kappa shape index (κ2) is 6.70. The van der Waals surface area contributed by atoms with Crippen LogP contribution in [0.2, 0.25) is 10.0 Å². The molecule has 2 rings (SSSR count). The average molecular weight is 325 g/mol. The molecule has 4 nitrogen and oxygen atoms in total. The van der Waals surface area contributed by atoms with E-state index in [0.29, 0.717) is 32.7 Å². The first-order chi connectivity index (χ1) is 10.0. The van der Waals surface area contributed by atoms with Crippen molar-refractivity contribution in [3.63, 3.8) is 0 Å². The molecule has 0 spiro atoms. The van der Waals surface area contributed by atoms with Gasteiger partial charge in [0.05, 0.1) is 7.11 Å². The molecule has 21 heavy (non-hydrogen) atoms. The Hall–Kier alpha value is -1.91. The minimum Gasteiger partial charge on any atom is -0.497 e. The molecular weight excluding hydrogens is 311 g/mol. The Balaban J connectivity index is 2.23. The van der Waals surface area contributed by atoms with Gasteiger partial charge in [0.1, 0.15) is 23.9 Å². The summed E-state index contributed by atoms with van der Waals surface area (Å²) in [5.41, 5.74) is 6.72. The fourth-order valence-electron chi connectivity index (χ4n) is 1.75. The van der Waals surface area contributed by atoms with Crippen molar-refractivity contribution in [2.24, 2.45) is 5.73 Å². The van der Waals surface area contributed by atoms with Crippen molar-refractivity contribution < 1.29 is 9.47 Å². The molecule has 0 aliphatic rings. The first-order valence-electron chi connectivity index (χ1n) is 6.10. The van der Waals surface area contributed by atoms with Crippen LogP contribution in [-0.2, 0) is 6.61 Å². The van der Waals surface area contributed by atoms with Crippen molar-refractivity contribution in [3.05, 3.63) is 57.6 Å². The summed E-state index contributed by atoms with van der Waals surface area (Å²) in [4.78, 5) is 0. The van der Waals surface area contributed by atoms with Gasteiger partial charge in [0.15, 0.2) is 0 Å². The molecule has 0 atom stereocenters. The highest BCUT2D eigenvalue weighted by atomic mass is 35.5. The standard InChI is InChI=1S/C15H14Cl2N2O2/c1-20-10-5-9(15(18)19)6-11(7-10)21-8-12-13(16)3-2-4-14(12)17/h2-7H,8H2,1H3,(H3,18,19). The summed E-state index contributed by atoms with van der Waals surface area (Å²) in [7, 11) is 1.54. The highest BCUT2D eigenvalue weighted by molar-refractivity contribution is 6.35. The zero-order valence-corrected chi connectivity index (χ0v) is 12.8. The number of amidine groups is 1. The van der Waals surface area contributed by atoms with E-state index >= 15 is 0 Å². The summed E-state index contributed by atoms with van der Waals surface area (Å²) in [6.45, 7) is 0.211. The summed E-state index contributed by atoms with van der Waals surface area (Å²) in [5.74, 6) is 1.02. The first kappa shape index (κ1) is 15.5. The van der Waals surface area contributed by atoms with Crippen LogP contribution in [0.3, 0.4) is 0 Å². The van der Waals surface area contributed by atoms with Crippen molar-refractivity contribution in [3.8, 4) is 11.5 Å². The number of halogens is 2. The van der Waals surface area contributed by atoms with E-state index < -0.39 is 0 Å². The van der Waals surface area contributed by atoms with Crippen LogP contribution in [0.25, 0.3) is 0 Å². The molecule has 0 aliphatic heterocycles. The predicted octanol–water partition coefficient (Wildman–Crippen LogP) is 3.87. The summed E-state index contributed by atoms with van der Waals surface area (Å²) in [6.07, 6.45) is 0. The first-order valence-corrected chi connectivity index (χ1v) is 6.86. The lowest BCUT2D eigenvalue weighted by molar-refractivity contribution is 0.304. The number of nitrogens with two attached hydrogens (primary N) is 1. The average Bonchev–Trinajstić information content (AvgIpc) is 2.46. The van der Waals surface area contributed by atoms with Crippen LogP contribution in [0.1, 0.15) is 11.1 Å². The Kier molecular flexibility index (Phi) is 4.94. The van der Waals surface area contributed by atoms with E-state index in [1.165, 1.54) is 7.11 Å². The van der Waals surface area contributed by atoms with Gasteiger partial charge in [-0.05, 0) is 24.3 Å². The van der Waals surface area contributed by atoms with Crippen LogP contribution in [0.4, 0.5) is 0 Å². The summed E-state index contributed by atoms with van der Waals surface area (Å²) in [6, 6.07) is 10.3. The minimum atomic E-state index is -0.0606. The van der Waals surface area contributed by atoms with Crippen LogP contribution in [0.15, 0.2) is 36.4 Å². The smallest absolute Gasteiger partial charge is 0.124 e. The molecule has 110 valence electrons. The summed E-state index contributed by atoms with van der Waals surface area (Å²) in [5, 5.41) is 8.57. The van der Waals surface area contributed by atoms with E-state index in [2.05, 4.69) is 0 Å². The zero-order chi connectivity index (χ0) is 15.4. The van der Waals surface area contributed by atoms with Crippen LogP contribution in [0.5, 0.6) is 11.5 Å². The van der Waals surface area contributed by atoms with Crippen molar-refractivity contribution in [1.82, 2.24) is 0 Å². The van der Waals surface area contributed by atoms with Gasteiger partial charge in [-0.2, -0.15) is 0 Å². The molecule has 0 bridgehead atoms. The Morgan fingerprint density at radius 1 is 1.14 bits per heavy atom. The molecule has 0 fully saturated rings. The molecule has 0 unspecified atom stereocenters. The predicted molar refractivity (Wildman–Crippen MR) is 84.8 cm³/mol. The topological polar surface area (TPSA) is 68.3 Å². The van der Waals surface area contributed by atoms with E-state index in [1.54, 1.807) is 36.4 Å². The Morgan fingerprint density at radius 2 is 1.76 bits per heavy atom. The number of rotatable bonds is 5. The van der Waals surface area contributed by atoms with Gasteiger partial charge in [0.25, 0.3) is 0 Å². The van der Waals surface area contributed by atoms with E-state index in [9.17, 15) is 0 Å². The molecule has 2 aromatic carbocycles. The molecule has 6 heteroatoms. The van der Waals surface area contributed by atoms with Crippen molar-refractivity contribution in [1.29, 1.82) is 5.41 Å². The zero-order valence-electron chi connectivity index (χ0n) is 11.3. The number of methoxy groups -OCH3 is 1. The fourth-order valence-corrected chi connectivity index (χ4v) is 2.26. The van der Waals surface area contributed by atoms with Crippen molar-refractivity contribution >= 4 is 29.0 Å². The largest absolute Gasteiger partial charge is 0.497 e. The van der Waals surface area contributed by atoms with Gasteiger partial charge in [-0.25, -0.2) is 0 Å². The number of hydrogen-bond acceptors (Lipinski definition) is 3. The Bertz CT molecular complexity index is 654.